The molecule has 0 aliphatic heterocycles. The van der Waals surface area contributed by atoms with E-state index >= 15 is 0 Å². The summed E-state index contributed by atoms with van der Waals surface area (Å²) in [6, 6.07) is -0.890. The second-order valence-electron chi connectivity index (χ2n) is 5.33. The number of rotatable bonds is 8. The SMILES string of the molecule is CC(C)CC(=O)NCCC(=O)N[C@@H](C(=O)O)C(C)C. The molecular weight excluding hydrogens is 248 g/mol. The van der Waals surface area contributed by atoms with Crippen LogP contribution in [-0.4, -0.2) is 35.5 Å². The number of hydrogen-bond donors (Lipinski definition) is 3. The maximum absolute atomic E-state index is 11.5. The van der Waals surface area contributed by atoms with Crippen molar-refractivity contribution in [1.29, 1.82) is 0 Å². The second-order valence-corrected chi connectivity index (χ2v) is 5.33. The minimum atomic E-state index is -1.05. The van der Waals surface area contributed by atoms with E-state index in [4.69, 9.17) is 5.11 Å². The maximum atomic E-state index is 11.5. The summed E-state index contributed by atoms with van der Waals surface area (Å²) in [5, 5.41) is 14.0. The number of carbonyl (C=O) groups is 3. The summed E-state index contributed by atoms with van der Waals surface area (Å²) in [4.78, 5) is 33.8. The van der Waals surface area contributed by atoms with Gasteiger partial charge in [0.15, 0.2) is 0 Å². The number of amides is 2. The van der Waals surface area contributed by atoms with Crippen LogP contribution in [0.3, 0.4) is 0 Å². The van der Waals surface area contributed by atoms with Gasteiger partial charge in [0.05, 0.1) is 0 Å². The topological polar surface area (TPSA) is 95.5 Å². The minimum absolute atomic E-state index is 0.0837. The number of aliphatic carboxylic acids is 1. The van der Waals surface area contributed by atoms with E-state index in [-0.39, 0.29) is 36.6 Å². The Hall–Kier alpha value is -1.59. The summed E-state index contributed by atoms with van der Waals surface area (Å²) in [6.07, 6.45) is 0.506. The fourth-order valence-electron chi connectivity index (χ4n) is 1.52. The van der Waals surface area contributed by atoms with Crippen LogP contribution in [0.1, 0.15) is 40.5 Å². The highest BCUT2D eigenvalue weighted by Gasteiger charge is 2.23. The third-order valence-electron chi connectivity index (χ3n) is 2.52. The Balaban J connectivity index is 3.99. The lowest BCUT2D eigenvalue weighted by molar-refractivity contribution is -0.143. The van der Waals surface area contributed by atoms with Gasteiger partial charge in [0.2, 0.25) is 11.8 Å². The summed E-state index contributed by atoms with van der Waals surface area (Å²) < 4.78 is 0. The quantitative estimate of drug-likeness (QED) is 0.608. The molecular formula is C13H24N2O4. The molecule has 0 spiro atoms. The Labute approximate surface area is 113 Å². The van der Waals surface area contributed by atoms with E-state index in [9.17, 15) is 14.4 Å². The van der Waals surface area contributed by atoms with E-state index in [2.05, 4.69) is 10.6 Å². The first-order valence-electron chi connectivity index (χ1n) is 6.52. The van der Waals surface area contributed by atoms with Gasteiger partial charge in [-0.1, -0.05) is 27.7 Å². The Morgan fingerprint density at radius 3 is 2.05 bits per heavy atom. The molecule has 0 bridgehead atoms. The van der Waals surface area contributed by atoms with Gasteiger partial charge in [-0.25, -0.2) is 4.79 Å². The number of nitrogens with one attached hydrogen (secondary N) is 2. The normalized spacial score (nSPS) is 12.3. The fraction of sp³-hybridized carbons (Fsp3) is 0.769. The lowest BCUT2D eigenvalue weighted by atomic mass is 10.0. The van der Waals surface area contributed by atoms with Gasteiger partial charge in [0, 0.05) is 19.4 Å². The third kappa shape index (κ3) is 8.18. The molecule has 0 aliphatic carbocycles. The summed E-state index contributed by atoms with van der Waals surface area (Å²) in [6.45, 7) is 7.55. The predicted molar refractivity (Wildman–Crippen MR) is 71.5 cm³/mol. The molecule has 2 amide bonds. The van der Waals surface area contributed by atoms with Gasteiger partial charge in [-0.2, -0.15) is 0 Å². The van der Waals surface area contributed by atoms with Crippen LogP contribution in [0.15, 0.2) is 0 Å². The van der Waals surface area contributed by atoms with Gasteiger partial charge in [-0.05, 0) is 11.8 Å². The second kappa shape index (κ2) is 8.50. The van der Waals surface area contributed by atoms with E-state index in [0.717, 1.165) is 0 Å². The van der Waals surface area contributed by atoms with Crippen molar-refractivity contribution < 1.29 is 19.5 Å². The average Bonchev–Trinajstić information content (AvgIpc) is 2.23. The summed E-state index contributed by atoms with van der Waals surface area (Å²) in [5.41, 5.74) is 0. The van der Waals surface area contributed by atoms with Crippen molar-refractivity contribution in [3.8, 4) is 0 Å². The Bertz CT molecular complexity index is 327. The predicted octanol–water partition coefficient (Wildman–Crippen LogP) is 0.764. The van der Waals surface area contributed by atoms with Gasteiger partial charge >= 0.3 is 5.97 Å². The average molecular weight is 272 g/mol. The lowest BCUT2D eigenvalue weighted by Gasteiger charge is -2.17. The van der Waals surface area contributed by atoms with Crippen molar-refractivity contribution in [2.45, 2.75) is 46.6 Å². The van der Waals surface area contributed by atoms with Gasteiger partial charge in [-0.3, -0.25) is 9.59 Å². The highest BCUT2D eigenvalue weighted by molar-refractivity contribution is 5.84. The largest absolute Gasteiger partial charge is 0.480 e. The molecule has 0 unspecified atom stereocenters. The highest BCUT2D eigenvalue weighted by atomic mass is 16.4. The minimum Gasteiger partial charge on any atom is -0.480 e. The lowest BCUT2D eigenvalue weighted by Crippen LogP contribution is -2.45. The molecule has 0 saturated carbocycles. The van der Waals surface area contributed by atoms with E-state index in [1.807, 2.05) is 13.8 Å². The summed E-state index contributed by atoms with van der Waals surface area (Å²) in [7, 11) is 0. The Morgan fingerprint density at radius 1 is 1.05 bits per heavy atom. The zero-order valence-electron chi connectivity index (χ0n) is 12.0. The molecule has 6 nitrogen and oxygen atoms in total. The molecule has 6 heteroatoms. The first kappa shape index (κ1) is 17.4. The molecule has 0 rings (SSSR count). The first-order valence-corrected chi connectivity index (χ1v) is 6.52. The van der Waals surface area contributed by atoms with Crippen LogP contribution in [0.4, 0.5) is 0 Å². The number of carboxylic acids is 1. The summed E-state index contributed by atoms with van der Waals surface area (Å²) >= 11 is 0. The highest BCUT2D eigenvalue weighted by Crippen LogP contribution is 2.02. The van der Waals surface area contributed by atoms with Gasteiger partial charge in [-0.15, -0.1) is 0 Å². The fourth-order valence-corrected chi connectivity index (χ4v) is 1.52. The molecule has 0 radical (unpaired) electrons. The van der Waals surface area contributed by atoms with Crippen LogP contribution in [0, 0.1) is 11.8 Å². The first-order chi connectivity index (χ1) is 8.73. The van der Waals surface area contributed by atoms with Gasteiger partial charge in [0.25, 0.3) is 0 Å². The molecule has 0 aromatic heterocycles. The van der Waals surface area contributed by atoms with Crippen LogP contribution in [0.2, 0.25) is 0 Å². The van der Waals surface area contributed by atoms with E-state index in [1.165, 1.54) is 0 Å². The van der Waals surface area contributed by atoms with E-state index in [1.54, 1.807) is 13.8 Å². The molecule has 19 heavy (non-hydrogen) atoms. The van der Waals surface area contributed by atoms with Crippen LogP contribution in [0.25, 0.3) is 0 Å². The molecule has 0 aromatic rings. The molecule has 0 aliphatic rings. The van der Waals surface area contributed by atoms with Gasteiger partial charge in [0.1, 0.15) is 6.04 Å². The van der Waals surface area contributed by atoms with Crippen LogP contribution < -0.4 is 10.6 Å². The van der Waals surface area contributed by atoms with Crippen molar-refractivity contribution in [3.05, 3.63) is 0 Å². The van der Waals surface area contributed by atoms with Crippen molar-refractivity contribution >= 4 is 17.8 Å². The molecule has 0 fully saturated rings. The van der Waals surface area contributed by atoms with Crippen LogP contribution >= 0.6 is 0 Å². The molecule has 110 valence electrons. The zero-order valence-corrected chi connectivity index (χ0v) is 12.0. The molecule has 3 N–H and O–H groups in total. The smallest absolute Gasteiger partial charge is 0.326 e. The number of hydrogen-bond acceptors (Lipinski definition) is 3. The van der Waals surface area contributed by atoms with Crippen LogP contribution in [0.5, 0.6) is 0 Å². The molecule has 0 saturated heterocycles. The number of carboxylic acid groups (broad SMARTS) is 1. The van der Waals surface area contributed by atoms with E-state index in [0.29, 0.717) is 6.42 Å². The number of carbonyl (C=O) groups excluding carboxylic acids is 2. The third-order valence-corrected chi connectivity index (χ3v) is 2.52. The zero-order chi connectivity index (χ0) is 15.0. The van der Waals surface area contributed by atoms with Crippen molar-refractivity contribution in [2.75, 3.05) is 6.54 Å². The Kier molecular flexibility index (Phi) is 7.79. The Morgan fingerprint density at radius 2 is 1.63 bits per heavy atom. The standard InChI is InChI=1S/C13H24N2O4/c1-8(2)7-11(17)14-6-5-10(16)15-12(9(3)4)13(18)19/h8-9,12H,5-7H2,1-4H3,(H,14,17)(H,15,16)(H,18,19)/t12-/m1/s1. The van der Waals surface area contributed by atoms with Crippen LogP contribution in [-0.2, 0) is 14.4 Å². The van der Waals surface area contributed by atoms with Gasteiger partial charge < -0.3 is 15.7 Å². The summed E-state index contributed by atoms with van der Waals surface area (Å²) in [5.74, 6) is -1.43. The molecule has 0 heterocycles. The van der Waals surface area contributed by atoms with Crippen molar-refractivity contribution in [2.24, 2.45) is 11.8 Å². The van der Waals surface area contributed by atoms with Crippen molar-refractivity contribution in [1.82, 2.24) is 10.6 Å². The van der Waals surface area contributed by atoms with E-state index < -0.39 is 12.0 Å². The van der Waals surface area contributed by atoms with Crippen molar-refractivity contribution in [3.63, 3.8) is 0 Å². The maximum Gasteiger partial charge on any atom is 0.326 e. The molecule has 1 atom stereocenters. The monoisotopic (exact) mass is 272 g/mol. The molecule has 0 aromatic carbocycles.